The first kappa shape index (κ1) is 13.4. The maximum Gasteiger partial charge on any atom is 0.245 e. The number of carbonyl (C=O) groups excluding carboxylic acids is 1. The van der Waals surface area contributed by atoms with Gasteiger partial charge in [0.1, 0.15) is 10.4 Å². The monoisotopic (exact) mass is 284 g/mol. The quantitative estimate of drug-likeness (QED) is 0.847. The lowest BCUT2D eigenvalue weighted by atomic mass is 9.93. The number of rotatable bonds is 2. The van der Waals surface area contributed by atoms with Crippen LogP contribution in [0.25, 0.3) is 0 Å². The molecule has 4 atom stereocenters. The van der Waals surface area contributed by atoms with Crippen LogP contribution in [0.1, 0.15) is 46.5 Å². The molecule has 106 valence electrons. The Labute approximate surface area is 117 Å². The molecule has 3 aliphatic rings. The van der Waals surface area contributed by atoms with Crippen LogP contribution in [0.3, 0.4) is 0 Å². The minimum Gasteiger partial charge on any atom is -0.304 e. The molecule has 0 radical (unpaired) electrons. The van der Waals surface area contributed by atoms with Gasteiger partial charge in [-0.25, -0.2) is 4.39 Å². The minimum absolute atomic E-state index is 0.257. The van der Waals surface area contributed by atoms with Gasteiger partial charge in [-0.05, 0) is 51.9 Å². The van der Waals surface area contributed by atoms with Gasteiger partial charge in [0.15, 0.2) is 5.17 Å². The van der Waals surface area contributed by atoms with Crippen LogP contribution in [-0.4, -0.2) is 27.5 Å². The SMILES string of the molecule is CC(C)(F)C1(C)SC(=NC2CC3CCC2C3)NC1=O. The summed E-state index contributed by atoms with van der Waals surface area (Å²) >= 11 is 1.26. The normalized spacial score (nSPS) is 44.1. The van der Waals surface area contributed by atoms with Crippen molar-refractivity contribution in [1.82, 2.24) is 5.32 Å². The standard InChI is InChI=1S/C14H21FN2OS/c1-13(2,15)14(3)11(18)17-12(19-14)16-10-7-8-4-5-9(10)6-8/h8-10H,4-7H2,1-3H3,(H,16,17,18). The zero-order valence-corrected chi connectivity index (χ0v) is 12.5. The molecule has 3 fully saturated rings. The van der Waals surface area contributed by atoms with E-state index in [2.05, 4.69) is 5.32 Å². The molecule has 2 saturated carbocycles. The van der Waals surface area contributed by atoms with Crippen molar-refractivity contribution in [2.24, 2.45) is 16.8 Å². The van der Waals surface area contributed by atoms with Crippen LogP contribution in [0.15, 0.2) is 4.99 Å². The van der Waals surface area contributed by atoms with E-state index < -0.39 is 10.4 Å². The van der Waals surface area contributed by atoms with Crippen molar-refractivity contribution in [1.29, 1.82) is 0 Å². The van der Waals surface area contributed by atoms with E-state index in [1.54, 1.807) is 6.92 Å². The van der Waals surface area contributed by atoms with Crippen LogP contribution in [0, 0.1) is 11.8 Å². The predicted molar refractivity (Wildman–Crippen MR) is 76.0 cm³/mol. The van der Waals surface area contributed by atoms with Gasteiger partial charge in [0, 0.05) is 0 Å². The van der Waals surface area contributed by atoms with Crippen LogP contribution in [0.4, 0.5) is 4.39 Å². The Bertz CT molecular complexity index is 445. The van der Waals surface area contributed by atoms with Gasteiger partial charge in [0.05, 0.1) is 6.04 Å². The van der Waals surface area contributed by atoms with E-state index in [1.165, 1.54) is 44.9 Å². The number of amides is 1. The number of fused-ring (bicyclic) bond motifs is 2. The van der Waals surface area contributed by atoms with Crippen molar-refractivity contribution >= 4 is 22.8 Å². The molecule has 2 bridgehead atoms. The number of aliphatic imine (C=N–C) groups is 1. The summed E-state index contributed by atoms with van der Waals surface area (Å²) in [4.78, 5) is 16.7. The Morgan fingerprint density at radius 3 is 2.63 bits per heavy atom. The number of hydrogen-bond donors (Lipinski definition) is 1. The molecule has 4 unspecified atom stereocenters. The molecule has 0 aromatic rings. The Morgan fingerprint density at radius 1 is 1.42 bits per heavy atom. The van der Waals surface area contributed by atoms with E-state index in [-0.39, 0.29) is 5.91 Å². The fraction of sp³-hybridized carbons (Fsp3) is 0.857. The molecule has 2 aliphatic carbocycles. The average molecular weight is 284 g/mol. The van der Waals surface area contributed by atoms with Crippen molar-refractivity contribution in [2.45, 2.75) is 62.9 Å². The number of thioether (sulfide) groups is 1. The molecule has 1 saturated heterocycles. The van der Waals surface area contributed by atoms with Gasteiger partial charge in [-0.3, -0.25) is 9.79 Å². The molecule has 1 amide bonds. The second kappa shape index (κ2) is 4.21. The van der Waals surface area contributed by atoms with Crippen LogP contribution in [-0.2, 0) is 4.79 Å². The van der Waals surface area contributed by atoms with Gasteiger partial charge in [-0.1, -0.05) is 18.2 Å². The molecule has 19 heavy (non-hydrogen) atoms. The molecule has 3 nitrogen and oxygen atoms in total. The predicted octanol–water partition coefficient (Wildman–Crippen LogP) is 2.90. The summed E-state index contributed by atoms with van der Waals surface area (Å²) in [6.45, 7) is 4.58. The minimum atomic E-state index is -1.56. The summed E-state index contributed by atoms with van der Waals surface area (Å²) in [6.07, 6.45) is 5.02. The fourth-order valence-corrected chi connectivity index (χ4v) is 4.56. The number of alkyl halides is 1. The number of halogens is 1. The first-order valence-electron chi connectivity index (χ1n) is 7.07. The summed E-state index contributed by atoms with van der Waals surface area (Å²) in [5.74, 6) is 1.25. The van der Waals surface area contributed by atoms with E-state index >= 15 is 0 Å². The lowest BCUT2D eigenvalue weighted by Crippen LogP contribution is -2.48. The summed E-state index contributed by atoms with van der Waals surface area (Å²) in [5, 5.41) is 3.39. The van der Waals surface area contributed by atoms with Gasteiger partial charge >= 0.3 is 0 Å². The maximum atomic E-state index is 14.2. The third kappa shape index (κ3) is 2.10. The van der Waals surface area contributed by atoms with Crippen molar-refractivity contribution in [3.63, 3.8) is 0 Å². The molecule has 5 heteroatoms. The number of carbonyl (C=O) groups is 1. The Balaban J connectivity index is 1.76. The van der Waals surface area contributed by atoms with E-state index in [9.17, 15) is 9.18 Å². The number of nitrogens with one attached hydrogen (secondary N) is 1. The topological polar surface area (TPSA) is 41.5 Å². The molecule has 1 N–H and O–H groups in total. The van der Waals surface area contributed by atoms with Gasteiger partial charge in [0.25, 0.3) is 0 Å². The Hall–Kier alpha value is -0.580. The number of hydrogen-bond acceptors (Lipinski definition) is 3. The second-order valence-corrected chi connectivity index (χ2v) is 8.15. The van der Waals surface area contributed by atoms with Crippen molar-refractivity contribution < 1.29 is 9.18 Å². The Morgan fingerprint density at radius 2 is 2.16 bits per heavy atom. The zero-order valence-electron chi connectivity index (χ0n) is 11.7. The van der Waals surface area contributed by atoms with Gasteiger partial charge in [-0.15, -0.1) is 0 Å². The van der Waals surface area contributed by atoms with Crippen LogP contribution in [0.2, 0.25) is 0 Å². The molecule has 1 aliphatic heterocycles. The third-order valence-corrected chi connectivity index (χ3v) is 6.55. The summed E-state index contributed by atoms with van der Waals surface area (Å²) in [5.41, 5.74) is -1.56. The maximum absolute atomic E-state index is 14.2. The van der Waals surface area contributed by atoms with Crippen molar-refractivity contribution in [3.8, 4) is 0 Å². The van der Waals surface area contributed by atoms with Gasteiger partial charge < -0.3 is 5.32 Å². The number of nitrogens with zero attached hydrogens (tertiary/aromatic N) is 1. The lowest BCUT2D eigenvalue weighted by molar-refractivity contribution is -0.124. The van der Waals surface area contributed by atoms with E-state index in [0.29, 0.717) is 17.1 Å². The third-order valence-electron chi connectivity index (χ3n) is 5.07. The first-order chi connectivity index (χ1) is 8.79. The molecule has 0 spiro atoms. The van der Waals surface area contributed by atoms with Crippen molar-refractivity contribution in [2.75, 3.05) is 0 Å². The van der Waals surface area contributed by atoms with Crippen LogP contribution in [0.5, 0.6) is 0 Å². The molecule has 1 heterocycles. The first-order valence-corrected chi connectivity index (χ1v) is 7.88. The van der Waals surface area contributed by atoms with E-state index in [0.717, 1.165) is 12.3 Å². The van der Waals surface area contributed by atoms with Gasteiger partial charge in [-0.2, -0.15) is 0 Å². The average Bonchev–Trinajstić information content (AvgIpc) is 2.94. The molecular formula is C14H21FN2OS. The highest BCUT2D eigenvalue weighted by molar-refractivity contribution is 8.16. The highest BCUT2D eigenvalue weighted by Gasteiger charge is 2.54. The smallest absolute Gasteiger partial charge is 0.245 e. The van der Waals surface area contributed by atoms with Gasteiger partial charge in [0.2, 0.25) is 5.91 Å². The van der Waals surface area contributed by atoms with E-state index in [1.807, 2.05) is 0 Å². The van der Waals surface area contributed by atoms with Crippen molar-refractivity contribution in [3.05, 3.63) is 0 Å². The summed E-state index contributed by atoms with van der Waals surface area (Å²) < 4.78 is 13.2. The number of amidine groups is 1. The van der Waals surface area contributed by atoms with Crippen LogP contribution >= 0.6 is 11.8 Å². The zero-order chi connectivity index (χ0) is 13.8. The second-order valence-electron chi connectivity index (χ2n) is 6.74. The lowest BCUT2D eigenvalue weighted by Gasteiger charge is -2.29. The largest absolute Gasteiger partial charge is 0.304 e. The highest BCUT2D eigenvalue weighted by atomic mass is 32.2. The molecular weight excluding hydrogens is 263 g/mol. The van der Waals surface area contributed by atoms with Crippen LogP contribution < -0.4 is 5.32 Å². The summed E-state index contributed by atoms with van der Waals surface area (Å²) in [6, 6.07) is 0.339. The fourth-order valence-electron chi connectivity index (χ4n) is 3.45. The Kier molecular flexibility index (Phi) is 2.97. The summed E-state index contributed by atoms with van der Waals surface area (Å²) in [7, 11) is 0. The van der Waals surface area contributed by atoms with E-state index in [4.69, 9.17) is 4.99 Å². The molecule has 0 aromatic heterocycles. The highest BCUT2D eigenvalue weighted by Crippen LogP contribution is 2.47. The molecule has 0 aromatic carbocycles. The molecule has 3 rings (SSSR count).